The van der Waals surface area contributed by atoms with E-state index in [1.54, 1.807) is 103 Å². The number of nitrogens with two attached hydrogens (primary N) is 1. The molecule has 0 amide bonds. The van der Waals surface area contributed by atoms with Crippen molar-refractivity contribution in [2.75, 3.05) is 25.6 Å². The lowest BCUT2D eigenvalue weighted by molar-refractivity contribution is -0.141. The number of halogens is 4. The highest BCUT2D eigenvalue weighted by Gasteiger charge is 2.32. The second kappa shape index (κ2) is 47.8. The van der Waals surface area contributed by atoms with E-state index in [1.807, 2.05) is 189 Å². The van der Waals surface area contributed by atoms with Crippen LogP contribution in [0.25, 0.3) is 54.5 Å². The van der Waals surface area contributed by atoms with Crippen LogP contribution in [0.5, 0.6) is 11.5 Å². The number of piperidine rings is 1. The Morgan fingerprint density at radius 3 is 1.56 bits per heavy atom. The highest BCUT2D eigenvalue weighted by molar-refractivity contribution is 9.11. The predicted octanol–water partition coefficient (Wildman–Crippen LogP) is 22.5. The summed E-state index contributed by atoms with van der Waals surface area (Å²) in [5, 5.41) is 9.79. The SMILES string of the molecule is CC(=O)C1CCNCC1.CC(=O)c1ccc(Br)s1.CC(=O)c1ccc(N)nc1.CC(=O)c1ccc2[nH]ccc2c1.CC(=O)c1ccc2c(c1)OCO2.CC(=O)c1ccc2ccccc2c1.CC(=O)c1ccc2ccccc2n1.CC(=O)c1ccc2cncnc2c1.CC(=O)c1ccccc1.Cc1cc2ccccc2o1.Cc1ccc(C(F)(F)F)nc1. The minimum atomic E-state index is -4.33. The number of nitrogens with zero attached hydrogens (tertiary/aromatic N) is 5. The summed E-state index contributed by atoms with van der Waals surface area (Å²) in [5.74, 6) is 4.06. The van der Waals surface area contributed by atoms with E-state index < -0.39 is 11.9 Å². The molecule has 0 saturated carbocycles. The fraction of sp³-hybridized carbons (Fsp3) is 0.188. The number of rotatable bonds is 9. The molecule has 25 heteroatoms. The monoisotopic (exact) mass is 1720 g/mol. The van der Waals surface area contributed by atoms with Crippen LogP contribution in [0.15, 0.2) is 276 Å². The van der Waals surface area contributed by atoms with E-state index in [1.165, 1.54) is 67.7 Å². The Labute approximate surface area is 711 Å². The van der Waals surface area contributed by atoms with Crippen LogP contribution >= 0.6 is 27.3 Å². The lowest BCUT2D eigenvalue weighted by atomic mass is 9.95. The number of para-hydroxylation sites is 2. The van der Waals surface area contributed by atoms with Gasteiger partial charge in [-0.25, -0.2) is 19.9 Å². The van der Waals surface area contributed by atoms with Crippen molar-refractivity contribution < 1.29 is 70.2 Å². The van der Waals surface area contributed by atoms with Gasteiger partial charge < -0.3 is 29.9 Å². The smallest absolute Gasteiger partial charge is 0.433 e. The first kappa shape index (κ1) is 94.7. The number of nitrogen functional groups attached to an aromatic ring is 1. The lowest BCUT2D eigenvalue weighted by Crippen LogP contribution is -2.30. The van der Waals surface area contributed by atoms with Gasteiger partial charge in [0.2, 0.25) is 6.79 Å². The van der Waals surface area contributed by atoms with E-state index in [-0.39, 0.29) is 53.1 Å². The molecule has 15 aromatic rings. The van der Waals surface area contributed by atoms with Crippen molar-refractivity contribution in [1.82, 2.24) is 35.2 Å². The Morgan fingerprint density at radius 1 is 0.455 bits per heavy atom. The average molecular weight is 1720 g/mol. The van der Waals surface area contributed by atoms with Crippen LogP contribution in [0.3, 0.4) is 0 Å². The zero-order chi connectivity index (χ0) is 88.1. The largest absolute Gasteiger partial charge is 0.461 e. The van der Waals surface area contributed by atoms with Crippen LogP contribution in [0.4, 0.5) is 19.0 Å². The summed E-state index contributed by atoms with van der Waals surface area (Å²) < 4.78 is 52.2. The Morgan fingerprint density at radius 2 is 1.01 bits per heavy atom. The second-order valence-corrected chi connectivity index (χ2v) is 29.7. The highest BCUT2D eigenvalue weighted by Crippen LogP contribution is 2.33. The number of aromatic nitrogens is 6. The molecule has 2 aliphatic heterocycles. The maximum Gasteiger partial charge on any atom is 0.433 e. The van der Waals surface area contributed by atoms with E-state index in [2.05, 4.69) is 51.2 Å². The number of fused-ring (bicyclic) bond motifs is 6. The molecule has 7 aromatic heterocycles. The first-order chi connectivity index (χ1) is 57.7. The van der Waals surface area contributed by atoms with Crippen molar-refractivity contribution in [3.63, 3.8) is 0 Å². The number of furan rings is 1. The Kier molecular flexibility index (Phi) is 37.4. The second-order valence-electron chi connectivity index (χ2n) is 27.2. The van der Waals surface area contributed by atoms with Gasteiger partial charge >= 0.3 is 6.18 Å². The molecule has 622 valence electrons. The van der Waals surface area contributed by atoms with E-state index >= 15 is 0 Å². The zero-order valence-electron chi connectivity index (χ0n) is 68.6. The number of pyridine rings is 3. The van der Waals surface area contributed by atoms with Crippen LogP contribution in [-0.2, 0) is 11.0 Å². The maximum atomic E-state index is 11.9. The number of benzene rings is 8. The standard InChI is InChI=1S/C12H10O.C11H9NO.C10H8N2O.C10H9NO.C9H8O3.C9H8O.C8H8O.C7H6F3N.C7H8N2O.C7H13NO.C6H5BrOS/c1-9(13)11-7-6-10-4-2-3-5-12(10)8-11;1-8(13)10-7-6-9-4-2-3-5-11(9)12-10;1-7(13)8-2-3-9-5-11-6-12-10(9)4-8;1-7(12)8-2-3-10-9(6-8)4-5-11-10;1-6(10)7-2-3-8-9(4-7)12-5-11-8;1-7-6-8-4-2-3-5-9(8)10-7;1-7(9)8-5-3-2-4-6-8;1-5-2-3-6(11-4-5)7(8,9)10;1-5(10)6-2-3-7(8)9-4-6;1-6(9)7-2-4-8-5-3-7;1-4(8)5-2-3-6(7)9-5/h2-8H,1H3;2-7H,1H3;2-6H,1H3;2-6,11H,1H3;2-4H,5H2,1H3;2-6H,1H3;2-6H,1H3;2-4H,1H3;2-4H,1H3,(H2,8,9);7-8H,2-5H2,1H3;2-3H,1H3. The number of carbonyl (C=O) groups is 9. The maximum absolute atomic E-state index is 11.9. The molecular weight excluding hydrogens is 1630 g/mol. The van der Waals surface area contributed by atoms with Crippen molar-refractivity contribution in [3.05, 3.63) is 332 Å². The minimum absolute atomic E-state index is 0.00533. The van der Waals surface area contributed by atoms with Gasteiger partial charge in [0.1, 0.15) is 40.7 Å². The van der Waals surface area contributed by atoms with Gasteiger partial charge in [-0.3, -0.25) is 48.1 Å². The van der Waals surface area contributed by atoms with Gasteiger partial charge in [0.15, 0.2) is 57.8 Å². The van der Waals surface area contributed by atoms with Crippen LogP contribution in [0.2, 0.25) is 0 Å². The van der Waals surface area contributed by atoms with Crippen LogP contribution in [0.1, 0.15) is 174 Å². The Balaban J connectivity index is 0.000000184. The molecule has 1 fully saturated rings. The van der Waals surface area contributed by atoms with Gasteiger partial charge in [0, 0.05) is 98.1 Å². The fourth-order valence-electron chi connectivity index (χ4n) is 11.0. The number of anilines is 1. The van der Waals surface area contributed by atoms with Crippen LogP contribution < -0.4 is 20.5 Å². The summed E-state index contributed by atoms with van der Waals surface area (Å²) in [6.07, 6.45) is 5.49. The molecule has 0 atom stereocenters. The van der Waals surface area contributed by atoms with Crippen molar-refractivity contribution >= 4 is 140 Å². The van der Waals surface area contributed by atoms with Crippen molar-refractivity contribution in [2.24, 2.45) is 5.92 Å². The van der Waals surface area contributed by atoms with Gasteiger partial charge in [-0.2, -0.15) is 13.2 Å². The van der Waals surface area contributed by atoms with Gasteiger partial charge in [0.25, 0.3) is 0 Å². The number of hydrogen-bond donors (Lipinski definition) is 3. The van der Waals surface area contributed by atoms with Gasteiger partial charge in [0.05, 0.1) is 19.7 Å². The molecule has 1 saturated heterocycles. The summed E-state index contributed by atoms with van der Waals surface area (Å²) in [5.41, 5.74) is 13.7. The molecule has 121 heavy (non-hydrogen) atoms. The number of H-pyrrole nitrogens is 1. The molecule has 4 N–H and O–H groups in total. The number of ether oxygens (including phenoxy) is 2. The third-order valence-corrected chi connectivity index (χ3v) is 19.5. The number of alkyl halides is 3. The quantitative estimate of drug-likeness (QED) is 0.113. The lowest BCUT2D eigenvalue weighted by Gasteiger charge is -2.19. The van der Waals surface area contributed by atoms with E-state index in [4.69, 9.17) is 19.6 Å². The third-order valence-electron chi connectivity index (χ3n) is 17.7. The average Bonchev–Trinajstić information content (AvgIpc) is 1.82. The minimum Gasteiger partial charge on any atom is -0.461 e. The van der Waals surface area contributed by atoms with E-state index in [0.717, 1.165) is 112 Å². The summed E-state index contributed by atoms with van der Waals surface area (Å²) in [6.45, 7) is 20.0. The van der Waals surface area contributed by atoms with E-state index in [0.29, 0.717) is 51.4 Å². The predicted molar refractivity (Wildman–Crippen MR) is 474 cm³/mol. The molecule has 8 aromatic carbocycles. The van der Waals surface area contributed by atoms with Gasteiger partial charge in [-0.1, -0.05) is 127 Å². The number of hydrogen-bond acceptors (Lipinski definition) is 20. The number of Topliss-reactive ketones (excluding diaryl/α,β-unsaturated/α-hetero) is 9. The number of nitrogens with one attached hydrogen (secondary N) is 2. The summed E-state index contributed by atoms with van der Waals surface area (Å²) in [6, 6.07) is 72.0. The topological polar surface area (TPSA) is 304 Å². The number of ketones is 9. The van der Waals surface area contributed by atoms with Crippen LogP contribution in [-0.4, -0.2) is 102 Å². The molecule has 0 bridgehead atoms. The molecule has 0 radical (unpaired) electrons. The molecule has 2 aliphatic rings. The number of aryl methyl sites for hydroxylation is 2. The number of aromatic amines is 1. The Hall–Kier alpha value is -13.5. The molecular formula is C96H92BrF3N8O12S. The van der Waals surface area contributed by atoms with E-state index in [9.17, 15) is 56.3 Å². The van der Waals surface area contributed by atoms with Crippen LogP contribution in [0, 0.1) is 19.8 Å². The molecule has 0 spiro atoms. The van der Waals surface area contributed by atoms with Crippen molar-refractivity contribution in [1.29, 1.82) is 0 Å². The number of carbonyl (C=O) groups excluding carboxylic acids is 9. The highest BCUT2D eigenvalue weighted by atomic mass is 79.9. The molecule has 20 nitrogen and oxygen atoms in total. The van der Waals surface area contributed by atoms with Crippen molar-refractivity contribution in [3.8, 4) is 11.5 Å². The van der Waals surface area contributed by atoms with Crippen molar-refractivity contribution in [2.45, 2.75) is 95.2 Å². The molecule has 0 unspecified atom stereocenters. The fourth-order valence-corrected chi connectivity index (χ4v) is 12.3. The summed E-state index contributed by atoms with van der Waals surface area (Å²) in [7, 11) is 0. The first-order valence-electron chi connectivity index (χ1n) is 38.0. The normalized spacial score (nSPS) is 11.3. The molecule has 9 heterocycles. The summed E-state index contributed by atoms with van der Waals surface area (Å²) >= 11 is 4.73. The number of thiophene rings is 1. The first-order valence-corrected chi connectivity index (χ1v) is 39.6. The molecule has 0 aliphatic carbocycles. The summed E-state index contributed by atoms with van der Waals surface area (Å²) in [4.78, 5) is 121. The van der Waals surface area contributed by atoms with Gasteiger partial charge in [-0.05, 0) is 237 Å². The third kappa shape index (κ3) is 32.1. The van der Waals surface area contributed by atoms with Gasteiger partial charge in [-0.15, -0.1) is 11.3 Å². The Bertz CT molecular complexity index is 5760. The zero-order valence-corrected chi connectivity index (χ0v) is 71.1. The molecule has 17 rings (SSSR count).